The van der Waals surface area contributed by atoms with Gasteiger partial charge in [0.1, 0.15) is 0 Å². The quantitative estimate of drug-likeness (QED) is 0.912. The molecule has 104 valence electrons. The van der Waals surface area contributed by atoms with E-state index >= 15 is 0 Å². The molecule has 0 aliphatic carbocycles. The Morgan fingerprint density at radius 3 is 2.85 bits per heavy atom. The zero-order chi connectivity index (χ0) is 13.9. The Kier molecular flexibility index (Phi) is 3.47. The summed E-state index contributed by atoms with van der Waals surface area (Å²) in [6.07, 6.45) is 3.07. The van der Waals surface area contributed by atoms with Gasteiger partial charge in [-0.3, -0.25) is 4.79 Å². The third-order valence-corrected chi connectivity index (χ3v) is 3.59. The van der Waals surface area contributed by atoms with Crippen molar-refractivity contribution >= 4 is 5.91 Å². The normalized spacial score (nSPS) is 18.4. The van der Waals surface area contributed by atoms with Crippen molar-refractivity contribution in [2.75, 3.05) is 13.2 Å². The topological polar surface area (TPSA) is 79.5 Å². The highest BCUT2D eigenvalue weighted by molar-refractivity contribution is 5.95. The maximum absolute atomic E-state index is 12.4. The zero-order valence-electron chi connectivity index (χ0n) is 10.9. The average Bonchev–Trinajstić information content (AvgIpc) is 3.17. The number of carbonyl (C=O) groups is 1. The van der Waals surface area contributed by atoms with Gasteiger partial charge < -0.3 is 14.4 Å². The molecule has 1 saturated heterocycles. The summed E-state index contributed by atoms with van der Waals surface area (Å²) >= 11 is 0. The van der Waals surface area contributed by atoms with E-state index in [1.54, 1.807) is 29.2 Å². The first-order valence-electron chi connectivity index (χ1n) is 6.58. The molecule has 0 radical (unpaired) electrons. The number of rotatable bonds is 3. The number of hydrogen-bond donors (Lipinski definition) is 1. The van der Waals surface area contributed by atoms with Crippen molar-refractivity contribution in [1.82, 2.24) is 15.1 Å². The molecule has 6 nitrogen and oxygen atoms in total. The molecule has 1 aliphatic rings. The lowest BCUT2D eigenvalue weighted by Gasteiger charge is -2.23. The Balaban J connectivity index is 1.79. The first-order chi connectivity index (χ1) is 9.79. The van der Waals surface area contributed by atoms with Crippen molar-refractivity contribution in [3.05, 3.63) is 36.2 Å². The lowest BCUT2D eigenvalue weighted by atomic mass is 10.1. The summed E-state index contributed by atoms with van der Waals surface area (Å²) in [6, 6.07) is 7.00. The summed E-state index contributed by atoms with van der Waals surface area (Å²) in [6.45, 7) is 0.723. The summed E-state index contributed by atoms with van der Waals surface area (Å²) in [4.78, 5) is 14.1. The average molecular weight is 273 g/mol. The first-order valence-corrected chi connectivity index (χ1v) is 6.58. The van der Waals surface area contributed by atoms with Crippen LogP contribution in [0.15, 0.2) is 35.1 Å². The highest BCUT2D eigenvalue weighted by Gasteiger charge is 2.28. The SMILES string of the molecule is O=C(c1ccc(-c2nnco2)cc1)N1CCC[C@@H]1CO. The fourth-order valence-corrected chi connectivity index (χ4v) is 2.51. The molecular weight excluding hydrogens is 258 g/mol. The van der Waals surface area contributed by atoms with E-state index in [9.17, 15) is 9.90 Å². The maximum atomic E-state index is 12.4. The molecule has 0 unspecified atom stereocenters. The summed E-state index contributed by atoms with van der Waals surface area (Å²) < 4.78 is 5.10. The molecule has 0 saturated carbocycles. The van der Waals surface area contributed by atoms with Crippen LogP contribution in [-0.4, -0.2) is 45.3 Å². The highest BCUT2D eigenvalue weighted by Crippen LogP contribution is 2.21. The number of carbonyl (C=O) groups excluding carboxylic acids is 1. The van der Waals surface area contributed by atoms with Crippen molar-refractivity contribution in [2.45, 2.75) is 18.9 Å². The van der Waals surface area contributed by atoms with Crippen molar-refractivity contribution < 1.29 is 14.3 Å². The van der Waals surface area contributed by atoms with Gasteiger partial charge in [-0.05, 0) is 37.1 Å². The van der Waals surface area contributed by atoms with Crippen LogP contribution in [0.3, 0.4) is 0 Å². The smallest absolute Gasteiger partial charge is 0.254 e. The number of likely N-dealkylation sites (tertiary alicyclic amines) is 1. The summed E-state index contributed by atoms with van der Waals surface area (Å²) in [7, 11) is 0. The molecule has 1 aliphatic heterocycles. The molecule has 1 amide bonds. The van der Waals surface area contributed by atoms with Crippen LogP contribution in [0.25, 0.3) is 11.5 Å². The number of aromatic nitrogens is 2. The molecule has 0 spiro atoms. The van der Waals surface area contributed by atoms with Gasteiger partial charge in [0, 0.05) is 17.7 Å². The standard InChI is InChI=1S/C14H15N3O3/c18-8-12-2-1-7-17(12)14(19)11-5-3-10(4-6-11)13-16-15-9-20-13/h3-6,9,12,18H,1-2,7-8H2/t12-/m1/s1. The van der Waals surface area contributed by atoms with E-state index in [2.05, 4.69) is 10.2 Å². The van der Waals surface area contributed by atoms with Crippen LogP contribution in [0, 0.1) is 0 Å². The second kappa shape index (κ2) is 5.42. The maximum Gasteiger partial charge on any atom is 0.254 e. The monoisotopic (exact) mass is 273 g/mol. The van der Waals surface area contributed by atoms with Gasteiger partial charge in [0.25, 0.3) is 5.91 Å². The number of aliphatic hydroxyl groups excluding tert-OH is 1. The van der Waals surface area contributed by atoms with Gasteiger partial charge in [-0.15, -0.1) is 10.2 Å². The van der Waals surface area contributed by atoms with E-state index in [0.29, 0.717) is 18.0 Å². The third-order valence-electron chi connectivity index (χ3n) is 3.59. The van der Waals surface area contributed by atoms with E-state index in [1.807, 2.05) is 0 Å². The number of benzene rings is 1. The lowest BCUT2D eigenvalue weighted by Crippen LogP contribution is -2.37. The van der Waals surface area contributed by atoms with Crippen molar-refractivity contribution in [2.24, 2.45) is 0 Å². The van der Waals surface area contributed by atoms with Crippen LogP contribution in [0.1, 0.15) is 23.2 Å². The zero-order valence-corrected chi connectivity index (χ0v) is 10.9. The minimum atomic E-state index is -0.0573. The molecule has 20 heavy (non-hydrogen) atoms. The molecular formula is C14H15N3O3. The first kappa shape index (κ1) is 12.8. The molecule has 1 aromatic heterocycles. The Morgan fingerprint density at radius 2 is 2.20 bits per heavy atom. The van der Waals surface area contributed by atoms with E-state index < -0.39 is 0 Å². The van der Waals surface area contributed by atoms with Crippen LogP contribution in [-0.2, 0) is 0 Å². The second-order valence-electron chi connectivity index (χ2n) is 4.80. The van der Waals surface area contributed by atoms with Gasteiger partial charge in [-0.25, -0.2) is 0 Å². The predicted molar refractivity (Wildman–Crippen MR) is 70.9 cm³/mol. The van der Waals surface area contributed by atoms with Crippen LogP contribution in [0.2, 0.25) is 0 Å². The minimum Gasteiger partial charge on any atom is -0.423 e. The third kappa shape index (κ3) is 2.30. The molecule has 1 aromatic carbocycles. The van der Waals surface area contributed by atoms with Gasteiger partial charge in [0.15, 0.2) is 0 Å². The summed E-state index contributed by atoms with van der Waals surface area (Å²) in [5.74, 6) is 0.386. The molecule has 1 fully saturated rings. The Bertz CT molecular complexity index is 580. The van der Waals surface area contributed by atoms with Crippen LogP contribution in [0.4, 0.5) is 0 Å². The van der Waals surface area contributed by atoms with Crippen molar-refractivity contribution in [1.29, 1.82) is 0 Å². The Hall–Kier alpha value is -2.21. The van der Waals surface area contributed by atoms with Gasteiger partial charge in [-0.2, -0.15) is 0 Å². The molecule has 1 N–H and O–H groups in total. The molecule has 6 heteroatoms. The predicted octanol–water partition coefficient (Wildman–Crippen LogP) is 1.33. The Labute approximate surface area is 116 Å². The fraction of sp³-hybridized carbons (Fsp3) is 0.357. The summed E-state index contributed by atoms with van der Waals surface area (Å²) in [5.41, 5.74) is 1.38. The van der Waals surface area contributed by atoms with Gasteiger partial charge in [0.2, 0.25) is 12.3 Å². The van der Waals surface area contributed by atoms with E-state index in [0.717, 1.165) is 18.4 Å². The molecule has 2 aromatic rings. The molecule has 0 bridgehead atoms. The van der Waals surface area contributed by atoms with E-state index in [1.165, 1.54) is 6.39 Å². The molecule has 2 heterocycles. The van der Waals surface area contributed by atoms with Crippen molar-refractivity contribution in [3.8, 4) is 11.5 Å². The number of hydrogen-bond acceptors (Lipinski definition) is 5. The van der Waals surface area contributed by atoms with Crippen LogP contribution in [0.5, 0.6) is 0 Å². The minimum absolute atomic E-state index is 0.0197. The summed E-state index contributed by atoms with van der Waals surface area (Å²) in [5, 5.41) is 16.7. The molecule has 3 rings (SSSR count). The Morgan fingerprint density at radius 1 is 1.40 bits per heavy atom. The van der Waals surface area contributed by atoms with Crippen molar-refractivity contribution in [3.63, 3.8) is 0 Å². The van der Waals surface area contributed by atoms with E-state index in [-0.39, 0.29) is 18.6 Å². The van der Waals surface area contributed by atoms with Gasteiger partial charge >= 0.3 is 0 Å². The van der Waals surface area contributed by atoms with E-state index in [4.69, 9.17) is 4.42 Å². The van der Waals surface area contributed by atoms with Crippen LogP contribution < -0.4 is 0 Å². The van der Waals surface area contributed by atoms with Gasteiger partial charge in [0.05, 0.1) is 12.6 Å². The highest BCUT2D eigenvalue weighted by atomic mass is 16.4. The fourth-order valence-electron chi connectivity index (χ4n) is 2.51. The number of aliphatic hydroxyl groups is 1. The number of amides is 1. The second-order valence-corrected chi connectivity index (χ2v) is 4.80. The number of nitrogens with zero attached hydrogens (tertiary/aromatic N) is 3. The lowest BCUT2D eigenvalue weighted by molar-refractivity contribution is 0.0677. The van der Waals surface area contributed by atoms with Gasteiger partial charge in [-0.1, -0.05) is 0 Å². The molecule has 1 atom stereocenters. The largest absolute Gasteiger partial charge is 0.423 e. The van der Waals surface area contributed by atoms with Crippen LogP contribution >= 0.6 is 0 Å².